The molecule has 0 spiro atoms. The highest BCUT2D eigenvalue weighted by Crippen LogP contribution is 2.33. The van der Waals surface area contributed by atoms with E-state index >= 15 is 0 Å². The van der Waals surface area contributed by atoms with Crippen molar-refractivity contribution in [1.82, 2.24) is 14.7 Å². The van der Waals surface area contributed by atoms with Crippen LogP contribution in [-0.2, 0) is 16.0 Å². The first-order chi connectivity index (χ1) is 15.0. The van der Waals surface area contributed by atoms with Crippen molar-refractivity contribution < 1.29 is 14.3 Å². The average Bonchev–Trinajstić information content (AvgIpc) is 3.09. The Labute approximate surface area is 183 Å². The predicted octanol–water partition coefficient (Wildman–Crippen LogP) is 4.38. The number of para-hydroxylation sites is 1. The number of benzene rings is 2. The van der Waals surface area contributed by atoms with Gasteiger partial charge in [-0.05, 0) is 56.5 Å². The van der Waals surface area contributed by atoms with Crippen molar-refractivity contribution in [2.75, 3.05) is 26.3 Å². The summed E-state index contributed by atoms with van der Waals surface area (Å²) < 4.78 is 13.6. The Hall–Kier alpha value is -3.12. The molecule has 0 N–H and O–H groups in total. The molecule has 0 radical (unpaired) electrons. The molecule has 1 amide bonds. The Morgan fingerprint density at radius 3 is 2.58 bits per heavy atom. The van der Waals surface area contributed by atoms with Crippen LogP contribution in [0.2, 0.25) is 0 Å². The van der Waals surface area contributed by atoms with Crippen molar-refractivity contribution in [2.24, 2.45) is 0 Å². The smallest absolute Gasteiger partial charge is 0.226 e. The molecule has 6 heteroatoms. The number of nitrogens with zero attached hydrogens (tertiary/aromatic N) is 3. The van der Waals surface area contributed by atoms with E-state index in [1.165, 1.54) is 0 Å². The molecule has 3 aromatic rings. The van der Waals surface area contributed by atoms with Crippen LogP contribution < -0.4 is 4.74 Å². The minimum absolute atomic E-state index is 0.146. The number of carbonyl (C=O) groups is 1. The second kappa shape index (κ2) is 9.35. The zero-order chi connectivity index (χ0) is 21.8. The van der Waals surface area contributed by atoms with Gasteiger partial charge in [-0.25, -0.2) is 4.68 Å². The van der Waals surface area contributed by atoms with Crippen LogP contribution in [0.25, 0.3) is 5.69 Å². The van der Waals surface area contributed by atoms with Gasteiger partial charge in [-0.2, -0.15) is 5.10 Å². The molecule has 0 atom stereocenters. The van der Waals surface area contributed by atoms with Gasteiger partial charge >= 0.3 is 0 Å². The largest absolute Gasteiger partial charge is 0.438 e. The molecule has 2 aromatic carbocycles. The van der Waals surface area contributed by atoms with E-state index in [-0.39, 0.29) is 5.91 Å². The molecular formula is C25H29N3O3. The zero-order valence-electron chi connectivity index (χ0n) is 18.4. The Balaban J connectivity index is 1.66. The first-order valence-electron chi connectivity index (χ1n) is 10.8. The van der Waals surface area contributed by atoms with Gasteiger partial charge in [0.2, 0.25) is 11.8 Å². The zero-order valence-corrected chi connectivity index (χ0v) is 18.4. The number of hydrogen-bond acceptors (Lipinski definition) is 4. The summed E-state index contributed by atoms with van der Waals surface area (Å²) in [4.78, 5) is 14.6. The Morgan fingerprint density at radius 1 is 1.06 bits per heavy atom. The van der Waals surface area contributed by atoms with Crippen molar-refractivity contribution in [3.8, 4) is 17.3 Å². The molecule has 1 saturated heterocycles. The third kappa shape index (κ3) is 4.80. The number of aromatic nitrogens is 2. The fraction of sp³-hybridized carbons (Fsp3) is 0.360. The number of rotatable bonds is 6. The van der Waals surface area contributed by atoms with E-state index in [1.54, 1.807) is 0 Å². The summed E-state index contributed by atoms with van der Waals surface area (Å²) in [5.41, 5.74) is 4.98. The van der Waals surface area contributed by atoms with E-state index in [9.17, 15) is 4.79 Å². The number of aryl methyl sites for hydroxylation is 3. The van der Waals surface area contributed by atoms with Crippen LogP contribution >= 0.6 is 0 Å². The van der Waals surface area contributed by atoms with E-state index in [4.69, 9.17) is 14.6 Å². The summed E-state index contributed by atoms with van der Waals surface area (Å²) in [7, 11) is 0. The van der Waals surface area contributed by atoms with Gasteiger partial charge in [0.15, 0.2) is 0 Å². The van der Waals surface area contributed by atoms with Gasteiger partial charge in [0, 0.05) is 25.1 Å². The van der Waals surface area contributed by atoms with Crippen LogP contribution in [0.3, 0.4) is 0 Å². The van der Waals surface area contributed by atoms with Crippen LogP contribution in [0.1, 0.15) is 28.8 Å². The lowest BCUT2D eigenvalue weighted by Crippen LogP contribution is -2.40. The summed E-state index contributed by atoms with van der Waals surface area (Å²) >= 11 is 0. The van der Waals surface area contributed by atoms with Crippen molar-refractivity contribution in [1.29, 1.82) is 0 Å². The number of hydrogen-bond donors (Lipinski definition) is 0. The molecule has 1 aliphatic heterocycles. The highest BCUT2D eigenvalue weighted by molar-refractivity contribution is 5.76. The monoisotopic (exact) mass is 419 g/mol. The molecular weight excluding hydrogens is 390 g/mol. The fourth-order valence-electron chi connectivity index (χ4n) is 3.84. The van der Waals surface area contributed by atoms with Crippen LogP contribution in [0.5, 0.6) is 11.6 Å². The molecule has 6 nitrogen and oxygen atoms in total. The SMILES string of the molecule is Cc1cccc(-n2nc(C)c(CCC(=O)N3CCOCC3)c2Oc2ccccc2C)c1. The first kappa shape index (κ1) is 21.1. The molecule has 0 aliphatic carbocycles. The Morgan fingerprint density at radius 2 is 1.84 bits per heavy atom. The highest BCUT2D eigenvalue weighted by Gasteiger charge is 2.22. The second-order valence-electron chi connectivity index (χ2n) is 7.98. The number of ether oxygens (including phenoxy) is 2. The maximum Gasteiger partial charge on any atom is 0.226 e. The van der Waals surface area contributed by atoms with Gasteiger partial charge in [-0.1, -0.05) is 30.3 Å². The van der Waals surface area contributed by atoms with Gasteiger partial charge in [0.25, 0.3) is 0 Å². The number of morpholine rings is 1. The first-order valence-corrected chi connectivity index (χ1v) is 10.8. The molecule has 0 bridgehead atoms. The normalized spacial score (nSPS) is 14.0. The Bertz CT molecular complexity index is 1070. The minimum Gasteiger partial charge on any atom is -0.438 e. The standard InChI is InChI=1S/C25H29N3O3/c1-18-7-6-9-21(17-18)28-25(31-23-10-5-4-8-19(23)2)22(20(3)26-28)11-12-24(29)27-13-15-30-16-14-27/h4-10,17H,11-16H2,1-3H3. The molecule has 31 heavy (non-hydrogen) atoms. The molecule has 1 aliphatic rings. The Kier molecular flexibility index (Phi) is 6.37. The molecule has 1 fully saturated rings. The average molecular weight is 420 g/mol. The molecule has 0 unspecified atom stereocenters. The predicted molar refractivity (Wildman–Crippen MR) is 120 cm³/mol. The third-order valence-corrected chi connectivity index (χ3v) is 5.64. The maximum atomic E-state index is 12.7. The quantitative estimate of drug-likeness (QED) is 0.595. The van der Waals surface area contributed by atoms with E-state index in [2.05, 4.69) is 19.1 Å². The fourth-order valence-corrected chi connectivity index (χ4v) is 3.84. The highest BCUT2D eigenvalue weighted by atomic mass is 16.5. The molecule has 4 rings (SSSR count). The summed E-state index contributed by atoms with van der Waals surface area (Å²) in [6.07, 6.45) is 1.000. The van der Waals surface area contributed by atoms with Gasteiger partial charge < -0.3 is 14.4 Å². The van der Waals surface area contributed by atoms with E-state index in [0.717, 1.165) is 33.8 Å². The molecule has 162 valence electrons. The lowest BCUT2D eigenvalue weighted by molar-refractivity contribution is -0.135. The summed E-state index contributed by atoms with van der Waals surface area (Å²) in [6, 6.07) is 16.1. The summed E-state index contributed by atoms with van der Waals surface area (Å²) in [6.45, 7) is 8.60. The van der Waals surface area contributed by atoms with Crippen molar-refractivity contribution >= 4 is 5.91 Å². The summed E-state index contributed by atoms with van der Waals surface area (Å²) in [5, 5.41) is 4.78. The van der Waals surface area contributed by atoms with Crippen LogP contribution in [0.15, 0.2) is 48.5 Å². The van der Waals surface area contributed by atoms with Gasteiger partial charge in [-0.15, -0.1) is 0 Å². The van der Waals surface area contributed by atoms with Crippen molar-refractivity contribution in [2.45, 2.75) is 33.6 Å². The summed E-state index contributed by atoms with van der Waals surface area (Å²) in [5.74, 6) is 1.61. The van der Waals surface area contributed by atoms with E-state index in [1.807, 2.05) is 59.8 Å². The topological polar surface area (TPSA) is 56.6 Å². The third-order valence-electron chi connectivity index (χ3n) is 5.64. The second-order valence-corrected chi connectivity index (χ2v) is 7.98. The van der Waals surface area contributed by atoms with Crippen LogP contribution in [-0.4, -0.2) is 46.9 Å². The van der Waals surface area contributed by atoms with Crippen molar-refractivity contribution in [3.05, 3.63) is 70.9 Å². The molecule has 2 heterocycles. The van der Waals surface area contributed by atoms with Crippen LogP contribution in [0.4, 0.5) is 0 Å². The van der Waals surface area contributed by atoms with Gasteiger partial charge in [0.05, 0.1) is 24.6 Å². The van der Waals surface area contributed by atoms with Crippen LogP contribution in [0, 0.1) is 20.8 Å². The minimum atomic E-state index is 0.146. The molecule has 1 aromatic heterocycles. The maximum absolute atomic E-state index is 12.7. The van der Waals surface area contributed by atoms with E-state index < -0.39 is 0 Å². The van der Waals surface area contributed by atoms with Crippen molar-refractivity contribution in [3.63, 3.8) is 0 Å². The molecule has 0 saturated carbocycles. The number of amides is 1. The van der Waals surface area contributed by atoms with E-state index in [0.29, 0.717) is 45.0 Å². The number of carbonyl (C=O) groups excluding carboxylic acids is 1. The van der Waals surface area contributed by atoms with Gasteiger partial charge in [0.1, 0.15) is 5.75 Å². The lowest BCUT2D eigenvalue weighted by Gasteiger charge is -2.26. The lowest BCUT2D eigenvalue weighted by atomic mass is 10.1. The van der Waals surface area contributed by atoms with Gasteiger partial charge in [-0.3, -0.25) is 4.79 Å².